The van der Waals surface area contributed by atoms with Crippen molar-refractivity contribution in [1.29, 1.82) is 0 Å². The third-order valence-corrected chi connectivity index (χ3v) is 5.51. The summed E-state index contributed by atoms with van der Waals surface area (Å²) in [5.74, 6) is -1.22. The third kappa shape index (κ3) is 4.03. The lowest BCUT2D eigenvalue weighted by molar-refractivity contribution is -0.154. The molecule has 0 radical (unpaired) electrons. The first-order valence-corrected chi connectivity index (χ1v) is 9.69. The molecule has 1 aliphatic carbocycles. The van der Waals surface area contributed by atoms with Crippen LogP contribution in [0.3, 0.4) is 0 Å². The highest BCUT2D eigenvalue weighted by atomic mass is 16.7. The number of nitrogens with zero attached hydrogens (tertiary/aromatic N) is 1. The van der Waals surface area contributed by atoms with Crippen molar-refractivity contribution < 1.29 is 33.4 Å². The topological polar surface area (TPSA) is 111 Å². The summed E-state index contributed by atoms with van der Waals surface area (Å²) in [7, 11) is 0. The standard InChI is InChI=1S/C20H22N2O7/c23-17(21-8-12-5-6-15-16(7-12)29-11-28-15)10-27-18(24)9-22-19(25)13-3-1-2-4-14(13)20(22)26/h5-7,13-14H,1-4,8-11H2,(H,21,23). The fourth-order valence-corrected chi connectivity index (χ4v) is 4.01. The largest absolute Gasteiger partial charge is 0.454 e. The van der Waals surface area contributed by atoms with Gasteiger partial charge in [-0.1, -0.05) is 18.9 Å². The van der Waals surface area contributed by atoms with Crippen LogP contribution in [0.1, 0.15) is 31.2 Å². The molecule has 1 aromatic carbocycles. The molecule has 3 amide bonds. The smallest absolute Gasteiger partial charge is 0.326 e. The highest BCUT2D eigenvalue weighted by molar-refractivity contribution is 6.07. The van der Waals surface area contributed by atoms with Crippen LogP contribution < -0.4 is 14.8 Å². The lowest BCUT2D eigenvalue weighted by Crippen LogP contribution is -2.38. The van der Waals surface area contributed by atoms with Crippen molar-refractivity contribution in [2.45, 2.75) is 32.2 Å². The summed E-state index contributed by atoms with van der Waals surface area (Å²) >= 11 is 0. The fraction of sp³-hybridized carbons (Fsp3) is 0.500. The van der Waals surface area contributed by atoms with Gasteiger partial charge < -0.3 is 19.5 Å². The molecule has 2 aliphatic heterocycles. The van der Waals surface area contributed by atoms with Crippen molar-refractivity contribution in [2.75, 3.05) is 19.9 Å². The normalized spacial score (nSPS) is 22.4. The summed E-state index contributed by atoms with van der Waals surface area (Å²) in [5, 5.41) is 2.64. The Hall–Kier alpha value is -3.10. The molecular formula is C20H22N2O7. The Bertz CT molecular complexity index is 829. The maximum absolute atomic E-state index is 12.4. The molecule has 0 aromatic heterocycles. The van der Waals surface area contributed by atoms with Crippen LogP contribution >= 0.6 is 0 Å². The molecule has 29 heavy (non-hydrogen) atoms. The van der Waals surface area contributed by atoms with Gasteiger partial charge in [0.2, 0.25) is 18.6 Å². The van der Waals surface area contributed by atoms with Gasteiger partial charge in [0.25, 0.3) is 5.91 Å². The van der Waals surface area contributed by atoms with Gasteiger partial charge in [-0.25, -0.2) is 0 Å². The van der Waals surface area contributed by atoms with Crippen LogP contribution in [-0.2, 0) is 30.5 Å². The molecule has 154 valence electrons. The van der Waals surface area contributed by atoms with E-state index >= 15 is 0 Å². The minimum absolute atomic E-state index is 0.171. The zero-order chi connectivity index (χ0) is 20.4. The van der Waals surface area contributed by atoms with Crippen molar-refractivity contribution in [3.05, 3.63) is 23.8 Å². The molecule has 2 unspecified atom stereocenters. The van der Waals surface area contributed by atoms with Gasteiger partial charge in [-0.05, 0) is 30.5 Å². The van der Waals surface area contributed by atoms with Gasteiger partial charge in [0.15, 0.2) is 18.1 Å². The molecule has 0 bridgehead atoms. The summed E-state index contributed by atoms with van der Waals surface area (Å²) in [4.78, 5) is 49.7. The zero-order valence-corrected chi connectivity index (χ0v) is 15.8. The number of likely N-dealkylation sites (tertiary alicyclic amines) is 1. The van der Waals surface area contributed by atoms with Crippen LogP contribution in [0.25, 0.3) is 0 Å². The number of amides is 3. The molecule has 2 fully saturated rings. The molecule has 0 spiro atoms. The van der Waals surface area contributed by atoms with E-state index in [1.54, 1.807) is 18.2 Å². The number of benzene rings is 1. The highest BCUT2D eigenvalue weighted by Gasteiger charge is 2.48. The predicted octanol–water partition coefficient (Wildman–Crippen LogP) is 0.750. The first-order valence-electron chi connectivity index (χ1n) is 9.69. The van der Waals surface area contributed by atoms with Gasteiger partial charge in [-0.3, -0.25) is 24.1 Å². The molecule has 1 N–H and O–H groups in total. The van der Waals surface area contributed by atoms with Gasteiger partial charge in [-0.15, -0.1) is 0 Å². The van der Waals surface area contributed by atoms with Crippen LogP contribution in [0.2, 0.25) is 0 Å². The van der Waals surface area contributed by atoms with Gasteiger partial charge in [-0.2, -0.15) is 0 Å². The van der Waals surface area contributed by atoms with Gasteiger partial charge >= 0.3 is 5.97 Å². The van der Waals surface area contributed by atoms with Crippen molar-refractivity contribution in [3.8, 4) is 11.5 Å². The zero-order valence-electron chi connectivity index (χ0n) is 15.8. The quantitative estimate of drug-likeness (QED) is 0.552. The molecule has 4 rings (SSSR count). The Balaban J connectivity index is 1.22. The van der Waals surface area contributed by atoms with E-state index in [9.17, 15) is 19.2 Å². The van der Waals surface area contributed by atoms with E-state index in [0.717, 1.165) is 23.3 Å². The number of fused-ring (bicyclic) bond motifs is 2. The van der Waals surface area contributed by atoms with E-state index in [0.29, 0.717) is 24.3 Å². The van der Waals surface area contributed by atoms with Crippen molar-refractivity contribution in [2.24, 2.45) is 11.8 Å². The average molecular weight is 402 g/mol. The minimum Gasteiger partial charge on any atom is -0.454 e. The van der Waals surface area contributed by atoms with E-state index in [-0.39, 0.29) is 37.0 Å². The van der Waals surface area contributed by atoms with Crippen molar-refractivity contribution in [1.82, 2.24) is 10.2 Å². The lowest BCUT2D eigenvalue weighted by Gasteiger charge is -2.19. The average Bonchev–Trinajstić information content (AvgIpc) is 3.29. The lowest BCUT2D eigenvalue weighted by atomic mass is 9.81. The summed E-state index contributed by atoms with van der Waals surface area (Å²) in [6, 6.07) is 5.31. The molecule has 1 saturated heterocycles. The maximum atomic E-state index is 12.4. The number of esters is 1. The maximum Gasteiger partial charge on any atom is 0.326 e. The number of carbonyl (C=O) groups is 4. The monoisotopic (exact) mass is 402 g/mol. The number of hydrogen-bond acceptors (Lipinski definition) is 7. The van der Waals surface area contributed by atoms with Crippen LogP contribution in [0.15, 0.2) is 18.2 Å². The van der Waals surface area contributed by atoms with E-state index in [4.69, 9.17) is 14.2 Å². The Morgan fingerprint density at radius 2 is 1.76 bits per heavy atom. The number of nitrogens with one attached hydrogen (secondary N) is 1. The Kier molecular flexibility index (Phi) is 5.37. The van der Waals surface area contributed by atoms with E-state index in [2.05, 4.69) is 5.32 Å². The molecule has 1 aromatic rings. The summed E-state index contributed by atoms with van der Waals surface area (Å²) in [6.07, 6.45) is 3.20. The van der Waals surface area contributed by atoms with E-state index in [1.165, 1.54) is 0 Å². The van der Waals surface area contributed by atoms with Crippen LogP contribution in [0.4, 0.5) is 0 Å². The van der Waals surface area contributed by atoms with Crippen LogP contribution in [0, 0.1) is 11.8 Å². The van der Waals surface area contributed by atoms with E-state index < -0.39 is 25.0 Å². The minimum atomic E-state index is -0.774. The Morgan fingerprint density at radius 1 is 1.07 bits per heavy atom. The molecule has 1 saturated carbocycles. The van der Waals surface area contributed by atoms with Gasteiger partial charge in [0, 0.05) is 6.54 Å². The number of ether oxygens (including phenoxy) is 3. The molecule has 2 atom stereocenters. The fourth-order valence-electron chi connectivity index (χ4n) is 4.01. The van der Waals surface area contributed by atoms with Gasteiger partial charge in [0.1, 0.15) is 6.54 Å². The second-order valence-electron chi connectivity index (χ2n) is 7.39. The Labute approximate surface area is 167 Å². The van der Waals surface area contributed by atoms with Crippen molar-refractivity contribution in [3.63, 3.8) is 0 Å². The van der Waals surface area contributed by atoms with Gasteiger partial charge in [0.05, 0.1) is 11.8 Å². The third-order valence-electron chi connectivity index (χ3n) is 5.51. The summed E-state index contributed by atoms with van der Waals surface area (Å²) < 4.78 is 15.4. The highest BCUT2D eigenvalue weighted by Crippen LogP contribution is 2.37. The first-order chi connectivity index (χ1) is 14.0. The summed E-state index contributed by atoms with van der Waals surface area (Å²) in [6.45, 7) is -0.517. The van der Waals surface area contributed by atoms with E-state index in [1.807, 2.05) is 0 Å². The number of imide groups is 1. The van der Waals surface area contributed by atoms with Crippen LogP contribution in [0.5, 0.6) is 11.5 Å². The molecular weight excluding hydrogens is 380 g/mol. The predicted molar refractivity (Wildman–Crippen MR) is 97.5 cm³/mol. The van der Waals surface area contributed by atoms with Crippen LogP contribution in [-0.4, -0.2) is 48.5 Å². The molecule has 9 nitrogen and oxygen atoms in total. The number of hydrogen-bond donors (Lipinski definition) is 1. The second kappa shape index (κ2) is 8.10. The van der Waals surface area contributed by atoms with Crippen molar-refractivity contribution >= 4 is 23.7 Å². The Morgan fingerprint density at radius 3 is 2.48 bits per heavy atom. The first kappa shape index (κ1) is 19.2. The number of carbonyl (C=O) groups excluding carboxylic acids is 4. The number of rotatable bonds is 6. The molecule has 2 heterocycles. The molecule has 3 aliphatic rings. The SMILES string of the molecule is O=C(COC(=O)CN1C(=O)C2CCCCC2C1=O)NCc1ccc2c(c1)OCO2. The second-order valence-corrected chi connectivity index (χ2v) is 7.39. The summed E-state index contributed by atoms with van der Waals surface area (Å²) in [5.41, 5.74) is 0.810. The molecule has 9 heteroatoms.